The van der Waals surface area contributed by atoms with E-state index in [1.165, 1.54) is 50.2 Å². The average molecular weight is 484 g/mol. The number of amides is 2. The van der Waals surface area contributed by atoms with Crippen molar-refractivity contribution < 1.29 is 22.7 Å². The van der Waals surface area contributed by atoms with Gasteiger partial charge in [0.1, 0.15) is 5.75 Å². The summed E-state index contributed by atoms with van der Waals surface area (Å²) in [5.41, 5.74) is 1.77. The number of hydrogen-bond acceptors (Lipinski definition) is 6. The van der Waals surface area contributed by atoms with E-state index < -0.39 is 15.9 Å². The maximum Gasteiger partial charge on any atom is 0.264 e. The molecular formula is C23H21N3O5S2. The Hall–Kier alpha value is -3.50. The number of carbonyl (C=O) groups excluding carboxylic acids is 2. The van der Waals surface area contributed by atoms with Crippen LogP contribution >= 0.6 is 11.8 Å². The van der Waals surface area contributed by atoms with Crippen LogP contribution in [0.15, 0.2) is 76.5 Å². The molecule has 0 radical (unpaired) electrons. The predicted molar refractivity (Wildman–Crippen MR) is 129 cm³/mol. The van der Waals surface area contributed by atoms with E-state index in [0.717, 1.165) is 9.20 Å². The Kier molecular flexibility index (Phi) is 6.30. The first kappa shape index (κ1) is 22.7. The highest BCUT2D eigenvalue weighted by molar-refractivity contribution is 8.00. The van der Waals surface area contributed by atoms with Crippen molar-refractivity contribution in [1.29, 1.82) is 0 Å². The van der Waals surface area contributed by atoms with Crippen LogP contribution in [0.2, 0.25) is 0 Å². The zero-order chi connectivity index (χ0) is 23.6. The van der Waals surface area contributed by atoms with E-state index in [9.17, 15) is 18.0 Å². The van der Waals surface area contributed by atoms with Gasteiger partial charge in [-0.1, -0.05) is 6.07 Å². The molecule has 0 aromatic heterocycles. The molecule has 10 heteroatoms. The summed E-state index contributed by atoms with van der Waals surface area (Å²) in [7, 11) is -0.916. The van der Waals surface area contributed by atoms with Gasteiger partial charge in [0.2, 0.25) is 5.91 Å². The minimum Gasteiger partial charge on any atom is -0.497 e. The number of hydrogen-bond donors (Lipinski definition) is 2. The van der Waals surface area contributed by atoms with Crippen LogP contribution in [0.25, 0.3) is 0 Å². The molecule has 0 atom stereocenters. The van der Waals surface area contributed by atoms with Gasteiger partial charge >= 0.3 is 0 Å². The Labute approximate surface area is 196 Å². The highest BCUT2D eigenvalue weighted by atomic mass is 32.2. The summed E-state index contributed by atoms with van der Waals surface area (Å²) in [6, 6.07) is 17.7. The SMILES string of the molecule is COc1ccc(N(C)S(=O)(=O)c2cccc(C(=O)Nc3ccc4c(c3)NC(=O)CS4)c2)cc1. The van der Waals surface area contributed by atoms with Crippen LogP contribution in [-0.2, 0) is 14.8 Å². The van der Waals surface area contributed by atoms with Gasteiger partial charge < -0.3 is 15.4 Å². The second kappa shape index (κ2) is 9.16. The van der Waals surface area contributed by atoms with E-state index in [0.29, 0.717) is 28.6 Å². The first-order chi connectivity index (χ1) is 15.8. The van der Waals surface area contributed by atoms with Crippen molar-refractivity contribution in [3.8, 4) is 5.75 Å². The standard InChI is InChI=1S/C23H21N3O5S2/c1-26(17-7-9-18(31-2)10-8-17)33(29,30)19-5-3-4-15(12-19)23(28)24-16-6-11-21-20(13-16)25-22(27)14-32-21/h3-13H,14H2,1-2H3,(H,24,28)(H,25,27). The van der Waals surface area contributed by atoms with Crippen LogP contribution in [0, 0.1) is 0 Å². The van der Waals surface area contributed by atoms with Gasteiger partial charge in [-0.3, -0.25) is 13.9 Å². The molecule has 0 saturated carbocycles. The Morgan fingerprint density at radius 2 is 1.85 bits per heavy atom. The summed E-state index contributed by atoms with van der Waals surface area (Å²) in [5, 5.41) is 5.53. The van der Waals surface area contributed by atoms with Gasteiger partial charge in [0.05, 0.1) is 29.1 Å². The number of carbonyl (C=O) groups is 2. The second-order valence-corrected chi connectivity index (χ2v) is 10.2. The molecule has 0 bridgehead atoms. The van der Waals surface area contributed by atoms with Crippen LogP contribution < -0.4 is 19.7 Å². The second-order valence-electron chi connectivity index (χ2n) is 7.20. The van der Waals surface area contributed by atoms with Crippen LogP contribution in [0.3, 0.4) is 0 Å². The van der Waals surface area contributed by atoms with Crippen molar-refractivity contribution in [3.63, 3.8) is 0 Å². The maximum atomic E-state index is 13.1. The lowest BCUT2D eigenvalue weighted by Gasteiger charge is -2.20. The number of rotatable bonds is 6. The number of thioether (sulfide) groups is 1. The minimum atomic E-state index is -3.90. The first-order valence-electron chi connectivity index (χ1n) is 9.89. The molecule has 2 N–H and O–H groups in total. The molecule has 0 fully saturated rings. The summed E-state index contributed by atoms with van der Waals surface area (Å²) in [5.74, 6) is 0.401. The molecule has 0 saturated heterocycles. The quantitative estimate of drug-likeness (QED) is 0.552. The molecule has 170 valence electrons. The number of nitrogens with one attached hydrogen (secondary N) is 2. The van der Waals surface area contributed by atoms with Crippen LogP contribution in [0.5, 0.6) is 5.75 Å². The lowest BCUT2D eigenvalue weighted by molar-refractivity contribution is -0.113. The molecule has 0 spiro atoms. The number of sulfonamides is 1. The fourth-order valence-electron chi connectivity index (χ4n) is 3.25. The number of fused-ring (bicyclic) bond motifs is 1. The zero-order valence-corrected chi connectivity index (χ0v) is 19.5. The van der Waals surface area contributed by atoms with E-state index in [1.807, 2.05) is 6.07 Å². The Morgan fingerprint density at radius 3 is 2.58 bits per heavy atom. The monoisotopic (exact) mass is 483 g/mol. The smallest absolute Gasteiger partial charge is 0.264 e. The lowest BCUT2D eigenvalue weighted by atomic mass is 10.2. The number of benzene rings is 3. The van der Waals surface area contributed by atoms with E-state index >= 15 is 0 Å². The van der Waals surface area contributed by atoms with Gasteiger partial charge in [0.25, 0.3) is 15.9 Å². The third-order valence-electron chi connectivity index (χ3n) is 5.06. The molecule has 2 amide bonds. The maximum absolute atomic E-state index is 13.1. The lowest BCUT2D eigenvalue weighted by Crippen LogP contribution is -2.26. The van der Waals surface area contributed by atoms with E-state index in [-0.39, 0.29) is 16.4 Å². The highest BCUT2D eigenvalue weighted by Gasteiger charge is 2.23. The van der Waals surface area contributed by atoms with E-state index in [2.05, 4.69) is 10.6 Å². The van der Waals surface area contributed by atoms with Gasteiger partial charge in [-0.25, -0.2) is 8.42 Å². The summed E-state index contributed by atoms with van der Waals surface area (Å²) in [6.45, 7) is 0. The molecule has 1 aliphatic heterocycles. The Bertz CT molecular complexity index is 1320. The molecule has 3 aromatic carbocycles. The highest BCUT2D eigenvalue weighted by Crippen LogP contribution is 2.33. The summed E-state index contributed by atoms with van der Waals surface area (Å²) >= 11 is 1.43. The van der Waals surface area contributed by atoms with Crippen molar-refractivity contribution in [2.45, 2.75) is 9.79 Å². The number of ether oxygens (including phenoxy) is 1. The number of methoxy groups -OCH3 is 1. The van der Waals surface area contributed by atoms with Crippen molar-refractivity contribution in [3.05, 3.63) is 72.3 Å². The molecule has 1 aliphatic rings. The molecule has 33 heavy (non-hydrogen) atoms. The summed E-state index contributed by atoms with van der Waals surface area (Å²) in [6.07, 6.45) is 0. The third kappa shape index (κ3) is 4.81. The van der Waals surface area contributed by atoms with Gasteiger partial charge in [0, 0.05) is 23.2 Å². The van der Waals surface area contributed by atoms with Gasteiger partial charge in [0.15, 0.2) is 0 Å². The van der Waals surface area contributed by atoms with E-state index in [4.69, 9.17) is 4.74 Å². The number of nitrogens with zero attached hydrogens (tertiary/aromatic N) is 1. The summed E-state index contributed by atoms with van der Waals surface area (Å²) in [4.78, 5) is 25.3. The van der Waals surface area contributed by atoms with Gasteiger partial charge in [-0.05, 0) is 60.7 Å². The predicted octanol–water partition coefficient (Wildman–Crippen LogP) is 3.82. The van der Waals surface area contributed by atoms with Crippen molar-refractivity contribution >= 4 is 50.7 Å². The van der Waals surface area contributed by atoms with Crippen molar-refractivity contribution in [2.75, 3.05) is 34.8 Å². The largest absolute Gasteiger partial charge is 0.497 e. The van der Waals surface area contributed by atoms with Crippen LogP contribution in [0.1, 0.15) is 10.4 Å². The Morgan fingerprint density at radius 1 is 1.09 bits per heavy atom. The topological polar surface area (TPSA) is 105 Å². The molecule has 1 heterocycles. The molecule has 4 rings (SSSR count). The summed E-state index contributed by atoms with van der Waals surface area (Å²) < 4.78 is 32.5. The average Bonchev–Trinajstić information content (AvgIpc) is 2.83. The molecule has 0 aliphatic carbocycles. The molecule has 3 aromatic rings. The van der Waals surface area contributed by atoms with Gasteiger partial charge in [-0.2, -0.15) is 0 Å². The molecule has 8 nitrogen and oxygen atoms in total. The van der Waals surface area contributed by atoms with Crippen LogP contribution in [-0.4, -0.2) is 40.1 Å². The Balaban J connectivity index is 1.55. The molecular weight excluding hydrogens is 462 g/mol. The first-order valence-corrected chi connectivity index (χ1v) is 12.3. The zero-order valence-electron chi connectivity index (χ0n) is 17.9. The minimum absolute atomic E-state index is 0.0115. The molecule has 0 unspecified atom stereocenters. The van der Waals surface area contributed by atoms with Crippen molar-refractivity contribution in [2.24, 2.45) is 0 Å². The van der Waals surface area contributed by atoms with E-state index in [1.54, 1.807) is 36.4 Å². The number of anilines is 3. The normalized spacial score (nSPS) is 13.0. The van der Waals surface area contributed by atoms with Crippen LogP contribution in [0.4, 0.5) is 17.1 Å². The van der Waals surface area contributed by atoms with Crippen molar-refractivity contribution in [1.82, 2.24) is 0 Å². The fourth-order valence-corrected chi connectivity index (χ4v) is 5.28. The fraction of sp³-hybridized carbons (Fsp3) is 0.130. The van der Waals surface area contributed by atoms with Gasteiger partial charge in [-0.15, -0.1) is 11.8 Å². The third-order valence-corrected chi connectivity index (χ3v) is 7.92.